The number of nitrogen functional groups attached to an aromatic ring is 1. The molecule has 16 heavy (non-hydrogen) atoms. The quantitative estimate of drug-likeness (QED) is 0.824. The summed E-state index contributed by atoms with van der Waals surface area (Å²) in [6.45, 7) is 0.529. The van der Waals surface area contributed by atoms with Crippen molar-refractivity contribution in [3.8, 4) is 5.75 Å². The molecule has 0 saturated heterocycles. The minimum absolute atomic E-state index is 0.529. The molecule has 0 radical (unpaired) electrons. The molecule has 2 nitrogen and oxygen atoms in total. The number of hydrogen-bond acceptors (Lipinski definition) is 2. The van der Waals surface area contributed by atoms with E-state index < -0.39 is 0 Å². The standard InChI is InChI=1S/C13H12ClNO/c14-11-3-1-10(2-4-11)9-16-13-7-5-12(15)6-8-13/h1-8H,9,15H2. The highest BCUT2D eigenvalue weighted by atomic mass is 35.5. The van der Waals surface area contributed by atoms with Crippen molar-refractivity contribution in [1.82, 2.24) is 0 Å². The van der Waals surface area contributed by atoms with E-state index in [1.807, 2.05) is 48.5 Å². The minimum Gasteiger partial charge on any atom is -0.489 e. The molecule has 82 valence electrons. The molecule has 0 bridgehead atoms. The van der Waals surface area contributed by atoms with Crippen LogP contribution in [-0.4, -0.2) is 0 Å². The Bertz CT molecular complexity index is 405. The summed E-state index contributed by atoms with van der Waals surface area (Å²) >= 11 is 5.79. The van der Waals surface area contributed by atoms with Gasteiger partial charge in [-0.05, 0) is 42.0 Å². The van der Waals surface area contributed by atoms with Crippen LogP contribution < -0.4 is 10.5 Å². The van der Waals surface area contributed by atoms with Gasteiger partial charge >= 0.3 is 0 Å². The average molecular weight is 234 g/mol. The first-order chi connectivity index (χ1) is 7.74. The van der Waals surface area contributed by atoms with Crippen molar-refractivity contribution in [2.75, 3.05) is 5.73 Å². The number of ether oxygens (including phenoxy) is 1. The van der Waals surface area contributed by atoms with Crippen LogP contribution in [-0.2, 0) is 6.61 Å². The first-order valence-electron chi connectivity index (χ1n) is 4.97. The van der Waals surface area contributed by atoms with Gasteiger partial charge in [0.15, 0.2) is 0 Å². The topological polar surface area (TPSA) is 35.2 Å². The van der Waals surface area contributed by atoms with Crippen molar-refractivity contribution < 1.29 is 4.74 Å². The first-order valence-corrected chi connectivity index (χ1v) is 5.34. The van der Waals surface area contributed by atoms with Gasteiger partial charge in [0.25, 0.3) is 0 Å². The number of anilines is 1. The number of nitrogens with two attached hydrogens (primary N) is 1. The van der Waals surface area contributed by atoms with Gasteiger partial charge in [-0.15, -0.1) is 0 Å². The lowest BCUT2D eigenvalue weighted by atomic mass is 10.2. The molecule has 0 amide bonds. The fraction of sp³-hybridized carbons (Fsp3) is 0.0769. The lowest BCUT2D eigenvalue weighted by molar-refractivity contribution is 0.306. The Hall–Kier alpha value is -1.67. The SMILES string of the molecule is Nc1ccc(OCc2ccc(Cl)cc2)cc1. The summed E-state index contributed by atoms with van der Waals surface area (Å²) in [6.07, 6.45) is 0. The van der Waals surface area contributed by atoms with Crippen LogP contribution in [0.5, 0.6) is 5.75 Å². The van der Waals surface area contributed by atoms with Gasteiger partial charge in [0.2, 0.25) is 0 Å². The predicted octanol–water partition coefficient (Wildman–Crippen LogP) is 3.50. The van der Waals surface area contributed by atoms with Gasteiger partial charge in [0.05, 0.1) is 0 Å². The van der Waals surface area contributed by atoms with Crippen molar-refractivity contribution >= 4 is 17.3 Å². The summed E-state index contributed by atoms with van der Waals surface area (Å²) in [4.78, 5) is 0. The molecular weight excluding hydrogens is 222 g/mol. The Labute approximate surface area is 99.6 Å². The van der Waals surface area contributed by atoms with Crippen LogP contribution in [0, 0.1) is 0 Å². The largest absolute Gasteiger partial charge is 0.489 e. The van der Waals surface area contributed by atoms with Gasteiger partial charge in [0, 0.05) is 10.7 Å². The Balaban J connectivity index is 1.97. The third-order valence-electron chi connectivity index (χ3n) is 2.20. The molecule has 0 aliphatic carbocycles. The van der Waals surface area contributed by atoms with Crippen LogP contribution in [0.25, 0.3) is 0 Å². The molecule has 0 saturated carbocycles. The lowest BCUT2D eigenvalue weighted by Gasteiger charge is -2.06. The average Bonchev–Trinajstić information content (AvgIpc) is 2.30. The van der Waals surface area contributed by atoms with E-state index in [1.165, 1.54) is 0 Å². The second kappa shape index (κ2) is 4.90. The van der Waals surface area contributed by atoms with E-state index in [2.05, 4.69) is 0 Å². The van der Waals surface area contributed by atoms with Gasteiger partial charge in [-0.2, -0.15) is 0 Å². The van der Waals surface area contributed by atoms with E-state index in [4.69, 9.17) is 22.1 Å². The minimum atomic E-state index is 0.529. The van der Waals surface area contributed by atoms with Crippen LogP contribution in [0.1, 0.15) is 5.56 Å². The normalized spacial score (nSPS) is 10.1. The van der Waals surface area contributed by atoms with Gasteiger partial charge in [-0.1, -0.05) is 23.7 Å². The number of benzene rings is 2. The zero-order valence-electron chi connectivity index (χ0n) is 8.69. The molecule has 0 heterocycles. The summed E-state index contributed by atoms with van der Waals surface area (Å²) in [5.74, 6) is 0.809. The van der Waals surface area contributed by atoms with E-state index in [0.29, 0.717) is 6.61 Å². The fourth-order valence-corrected chi connectivity index (χ4v) is 1.44. The maximum Gasteiger partial charge on any atom is 0.119 e. The van der Waals surface area contributed by atoms with Gasteiger partial charge < -0.3 is 10.5 Å². The monoisotopic (exact) mass is 233 g/mol. The molecule has 2 rings (SSSR count). The molecule has 0 unspecified atom stereocenters. The molecule has 2 aromatic carbocycles. The molecule has 0 fully saturated rings. The molecule has 0 atom stereocenters. The number of halogens is 1. The van der Waals surface area contributed by atoms with Crippen LogP contribution in [0.2, 0.25) is 5.02 Å². The van der Waals surface area contributed by atoms with Gasteiger partial charge in [-0.3, -0.25) is 0 Å². The van der Waals surface area contributed by atoms with Crippen LogP contribution in [0.15, 0.2) is 48.5 Å². The predicted molar refractivity (Wildman–Crippen MR) is 66.6 cm³/mol. The third-order valence-corrected chi connectivity index (χ3v) is 2.45. The van der Waals surface area contributed by atoms with E-state index in [9.17, 15) is 0 Å². The van der Waals surface area contributed by atoms with Gasteiger partial charge in [0.1, 0.15) is 12.4 Å². The summed E-state index contributed by atoms with van der Waals surface area (Å²) in [5.41, 5.74) is 7.40. The van der Waals surface area contributed by atoms with E-state index >= 15 is 0 Å². The highest BCUT2D eigenvalue weighted by Gasteiger charge is 1.96. The molecular formula is C13H12ClNO. The van der Waals surface area contributed by atoms with Crippen LogP contribution in [0.3, 0.4) is 0 Å². The molecule has 2 N–H and O–H groups in total. The second-order valence-electron chi connectivity index (χ2n) is 3.48. The summed E-state index contributed by atoms with van der Waals surface area (Å²) in [5, 5.41) is 0.733. The smallest absolute Gasteiger partial charge is 0.119 e. The Kier molecular flexibility index (Phi) is 3.32. The van der Waals surface area contributed by atoms with E-state index in [-0.39, 0.29) is 0 Å². The first kappa shape index (κ1) is 10.8. The molecule has 0 aromatic heterocycles. The summed E-state index contributed by atoms with van der Waals surface area (Å²) in [6, 6.07) is 14.9. The van der Waals surface area contributed by atoms with Crippen molar-refractivity contribution in [3.63, 3.8) is 0 Å². The summed E-state index contributed by atoms with van der Waals surface area (Å²) < 4.78 is 5.59. The molecule has 3 heteroatoms. The van der Waals surface area contributed by atoms with E-state index in [0.717, 1.165) is 22.0 Å². The lowest BCUT2D eigenvalue weighted by Crippen LogP contribution is -1.95. The molecule has 0 aliphatic heterocycles. The molecule has 0 spiro atoms. The maximum absolute atomic E-state index is 5.79. The second-order valence-corrected chi connectivity index (χ2v) is 3.92. The zero-order valence-corrected chi connectivity index (χ0v) is 9.45. The Morgan fingerprint density at radius 1 is 0.938 bits per heavy atom. The number of rotatable bonds is 3. The maximum atomic E-state index is 5.79. The van der Waals surface area contributed by atoms with Crippen LogP contribution >= 0.6 is 11.6 Å². The Morgan fingerprint density at radius 2 is 1.56 bits per heavy atom. The Morgan fingerprint density at radius 3 is 2.19 bits per heavy atom. The van der Waals surface area contributed by atoms with Crippen molar-refractivity contribution in [2.45, 2.75) is 6.61 Å². The number of hydrogen-bond donors (Lipinski definition) is 1. The summed E-state index contributed by atoms with van der Waals surface area (Å²) in [7, 11) is 0. The van der Waals surface area contributed by atoms with Crippen molar-refractivity contribution in [2.24, 2.45) is 0 Å². The third kappa shape index (κ3) is 2.91. The van der Waals surface area contributed by atoms with Crippen LogP contribution in [0.4, 0.5) is 5.69 Å². The fourth-order valence-electron chi connectivity index (χ4n) is 1.31. The van der Waals surface area contributed by atoms with E-state index in [1.54, 1.807) is 0 Å². The highest BCUT2D eigenvalue weighted by Crippen LogP contribution is 2.16. The van der Waals surface area contributed by atoms with Crippen molar-refractivity contribution in [1.29, 1.82) is 0 Å². The van der Waals surface area contributed by atoms with Crippen molar-refractivity contribution in [3.05, 3.63) is 59.1 Å². The molecule has 0 aliphatic rings. The van der Waals surface area contributed by atoms with Gasteiger partial charge in [-0.25, -0.2) is 0 Å². The highest BCUT2D eigenvalue weighted by molar-refractivity contribution is 6.30. The molecule has 2 aromatic rings. The zero-order chi connectivity index (χ0) is 11.4.